The minimum atomic E-state index is -4.86. The van der Waals surface area contributed by atoms with Crippen molar-refractivity contribution < 1.29 is 41.0 Å². The van der Waals surface area contributed by atoms with E-state index < -0.39 is 70.7 Å². The van der Waals surface area contributed by atoms with Gasteiger partial charge in [0.25, 0.3) is 5.56 Å². The Balaban J connectivity index is 2.27. The maximum absolute atomic E-state index is 16.5. The van der Waals surface area contributed by atoms with Crippen LogP contribution in [-0.2, 0) is 22.2 Å². The average Bonchev–Trinajstić information content (AvgIpc) is 2.98. The quantitative estimate of drug-likeness (QED) is 0.158. The second kappa shape index (κ2) is 15.8. The molecule has 0 aliphatic rings. The van der Waals surface area contributed by atoms with Gasteiger partial charge in [0.1, 0.15) is 23.5 Å². The normalized spacial score (nSPS) is 12.9. The van der Waals surface area contributed by atoms with Gasteiger partial charge in [0.2, 0.25) is 5.91 Å². The van der Waals surface area contributed by atoms with E-state index in [0.717, 1.165) is 16.8 Å². The maximum atomic E-state index is 16.5. The van der Waals surface area contributed by atoms with Crippen LogP contribution < -0.4 is 10.9 Å². The molecule has 2 aromatic carbocycles. The number of amides is 1. The molecule has 0 fully saturated rings. The number of carboxylic acid groups (broad SMARTS) is 1. The molecule has 1 heterocycles. The molecule has 2 atom stereocenters. The first kappa shape index (κ1) is 38.9. The maximum Gasteiger partial charge on any atom is 0.416 e. The Morgan fingerprint density at radius 2 is 1.71 bits per heavy atom. The topological polar surface area (TPSA) is 91.6 Å². The van der Waals surface area contributed by atoms with Gasteiger partial charge < -0.3 is 19.9 Å². The molecule has 0 radical (unpaired) electrons. The van der Waals surface area contributed by atoms with Crippen LogP contribution in [0.4, 0.5) is 26.3 Å². The van der Waals surface area contributed by atoms with Crippen LogP contribution >= 0.6 is 0 Å². The van der Waals surface area contributed by atoms with Crippen molar-refractivity contribution in [2.24, 2.45) is 5.92 Å². The molecule has 1 amide bonds. The molecule has 0 aliphatic heterocycles. The number of likely N-dealkylation sites (N-methyl/N-ethyl adjacent to an activating group) is 1. The molecule has 0 aliphatic carbocycles. The van der Waals surface area contributed by atoms with Crippen molar-refractivity contribution in [3.8, 4) is 23.0 Å². The molecule has 0 saturated carbocycles. The van der Waals surface area contributed by atoms with Gasteiger partial charge in [-0.05, 0) is 88.0 Å². The van der Waals surface area contributed by atoms with E-state index in [0.29, 0.717) is 11.6 Å². The third-order valence-electron chi connectivity index (χ3n) is 8.04. The number of rotatable bonds is 12. The lowest BCUT2D eigenvalue weighted by Crippen LogP contribution is -2.41. The Morgan fingerprint density at radius 1 is 1.06 bits per heavy atom. The van der Waals surface area contributed by atoms with Crippen LogP contribution in [0.1, 0.15) is 79.1 Å². The molecule has 7 nitrogen and oxygen atoms in total. The molecule has 0 spiro atoms. The summed E-state index contributed by atoms with van der Waals surface area (Å²) in [4.78, 5) is 40.8. The smallest absolute Gasteiger partial charge is 0.416 e. The van der Waals surface area contributed by atoms with E-state index in [1.54, 1.807) is 39.8 Å². The fourth-order valence-corrected chi connectivity index (χ4v) is 5.71. The molecular formula is C36H39F6N3O4. The molecule has 0 unspecified atom stereocenters. The minimum absolute atomic E-state index is 0.0365. The molecule has 49 heavy (non-hydrogen) atoms. The number of halogens is 6. The number of aliphatic carboxylic acids is 1. The summed E-state index contributed by atoms with van der Waals surface area (Å²) in [6.07, 6.45) is -5.14. The lowest BCUT2D eigenvalue weighted by molar-refractivity contribution is -0.139. The fourth-order valence-electron chi connectivity index (χ4n) is 5.71. The molecule has 0 saturated heterocycles. The molecule has 2 N–H and O–H groups in total. The SMILES string of the molecule is CC#Cc1cc(-c2c(C)ccc(F)c2C)c(F)c([C@@H](CC(=O)O)NC(=O)[C@@H](CC(C)C)n2cc(CCN(C)C)c(C(F)(F)F)cc2=O)c1F. The number of benzene rings is 2. The summed E-state index contributed by atoms with van der Waals surface area (Å²) in [7, 11) is 3.31. The number of aryl methyl sites for hydroxylation is 1. The van der Waals surface area contributed by atoms with Gasteiger partial charge in [-0.3, -0.25) is 14.4 Å². The van der Waals surface area contributed by atoms with Crippen LogP contribution in [0.3, 0.4) is 0 Å². The predicted octanol–water partition coefficient (Wildman–Crippen LogP) is 6.96. The van der Waals surface area contributed by atoms with Gasteiger partial charge >= 0.3 is 12.1 Å². The number of alkyl halides is 3. The van der Waals surface area contributed by atoms with Crippen molar-refractivity contribution in [3.63, 3.8) is 0 Å². The Hall–Kier alpha value is -4.57. The Kier molecular flexibility index (Phi) is 12.5. The van der Waals surface area contributed by atoms with Crippen LogP contribution in [0.25, 0.3) is 11.1 Å². The van der Waals surface area contributed by atoms with Crippen LogP contribution in [-0.4, -0.2) is 47.1 Å². The summed E-state index contributed by atoms with van der Waals surface area (Å²) in [5.74, 6) is -1.09. The van der Waals surface area contributed by atoms with Crippen LogP contribution in [0, 0.1) is 49.1 Å². The predicted molar refractivity (Wildman–Crippen MR) is 173 cm³/mol. The molecule has 1 aromatic heterocycles. The van der Waals surface area contributed by atoms with E-state index in [1.165, 1.54) is 26.0 Å². The molecule has 3 rings (SSSR count). The molecule has 3 aromatic rings. The second-order valence-corrected chi connectivity index (χ2v) is 12.6. The highest BCUT2D eigenvalue weighted by molar-refractivity contribution is 5.82. The number of hydrogen-bond donors (Lipinski definition) is 2. The largest absolute Gasteiger partial charge is 0.481 e. The number of carboxylic acids is 1. The first-order valence-electron chi connectivity index (χ1n) is 15.5. The summed E-state index contributed by atoms with van der Waals surface area (Å²) in [5, 5.41) is 12.1. The zero-order valence-electron chi connectivity index (χ0n) is 28.3. The molecule has 0 bridgehead atoms. The van der Waals surface area contributed by atoms with Crippen molar-refractivity contribution in [2.75, 3.05) is 20.6 Å². The summed E-state index contributed by atoms with van der Waals surface area (Å²) in [6, 6.07) is 0.707. The zero-order valence-corrected chi connectivity index (χ0v) is 28.3. The van der Waals surface area contributed by atoms with Crippen LogP contribution in [0.2, 0.25) is 0 Å². The lowest BCUT2D eigenvalue weighted by atomic mass is 9.89. The van der Waals surface area contributed by atoms with E-state index in [-0.39, 0.29) is 53.1 Å². The monoisotopic (exact) mass is 691 g/mol. The lowest BCUT2D eigenvalue weighted by Gasteiger charge is -2.27. The first-order valence-corrected chi connectivity index (χ1v) is 15.5. The number of nitrogens with one attached hydrogen (secondary N) is 1. The molecule has 264 valence electrons. The van der Waals surface area contributed by atoms with Crippen molar-refractivity contribution >= 4 is 11.9 Å². The van der Waals surface area contributed by atoms with E-state index in [2.05, 4.69) is 17.2 Å². The van der Waals surface area contributed by atoms with E-state index in [9.17, 15) is 37.1 Å². The highest BCUT2D eigenvalue weighted by Gasteiger charge is 2.36. The van der Waals surface area contributed by atoms with Crippen LogP contribution in [0.15, 0.2) is 35.3 Å². The van der Waals surface area contributed by atoms with E-state index in [4.69, 9.17) is 0 Å². The van der Waals surface area contributed by atoms with Crippen LogP contribution in [0.5, 0.6) is 0 Å². The molecular weight excluding hydrogens is 652 g/mol. The van der Waals surface area contributed by atoms with Crippen molar-refractivity contribution in [1.82, 2.24) is 14.8 Å². The zero-order chi connectivity index (χ0) is 37.0. The third kappa shape index (κ3) is 9.12. The Labute approximate surface area is 280 Å². The van der Waals surface area contributed by atoms with Crippen molar-refractivity contribution in [3.05, 3.63) is 91.6 Å². The van der Waals surface area contributed by atoms with Gasteiger partial charge in [-0.15, -0.1) is 5.92 Å². The average molecular weight is 692 g/mol. The second-order valence-electron chi connectivity index (χ2n) is 12.6. The Bertz CT molecular complexity index is 1850. The molecule has 13 heteroatoms. The number of carbonyl (C=O) groups is 2. The summed E-state index contributed by atoms with van der Waals surface area (Å²) in [5.41, 5.74) is -3.49. The Morgan fingerprint density at radius 3 is 2.27 bits per heavy atom. The first-order chi connectivity index (χ1) is 22.8. The summed E-state index contributed by atoms with van der Waals surface area (Å²) < 4.78 is 89.9. The van der Waals surface area contributed by atoms with Gasteiger partial charge in [-0.2, -0.15) is 13.2 Å². The summed E-state index contributed by atoms with van der Waals surface area (Å²) >= 11 is 0. The standard InChI is InChI=1S/C36H39F6N3O4/c1-8-9-22-15-24(31-20(4)10-11-26(37)21(31)5)34(39)32(33(22)38)27(17-30(47)48)43-35(49)28(14-19(2)3)45-18-23(12-13-44(6)7)25(16-29(45)46)36(40,41)42/h10-11,15-16,18-19,27-28H,12-14,17H2,1-7H3,(H,43,49)(H,47,48)/t27-,28-/m1/s1. The van der Waals surface area contributed by atoms with Crippen molar-refractivity contribution in [1.29, 1.82) is 0 Å². The van der Waals surface area contributed by atoms with Gasteiger partial charge in [0.05, 0.1) is 23.6 Å². The van der Waals surface area contributed by atoms with Crippen molar-refractivity contribution in [2.45, 2.75) is 72.1 Å². The van der Waals surface area contributed by atoms with Gasteiger partial charge in [0, 0.05) is 29.9 Å². The van der Waals surface area contributed by atoms with Gasteiger partial charge in [-0.1, -0.05) is 25.8 Å². The number of nitrogens with zero attached hydrogens (tertiary/aromatic N) is 2. The highest BCUT2D eigenvalue weighted by Crippen LogP contribution is 2.38. The van der Waals surface area contributed by atoms with Gasteiger partial charge in [-0.25, -0.2) is 13.2 Å². The van der Waals surface area contributed by atoms with Gasteiger partial charge in [0.15, 0.2) is 0 Å². The minimum Gasteiger partial charge on any atom is -0.481 e. The number of hydrogen-bond acceptors (Lipinski definition) is 4. The highest BCUT2D eigenvalue weighted by atomic mass is 19.4. The number of aromatic nitrogens is 1. The third-order valence-corrected chi connectivity index (χ3v) is 8.04. The van der Waals surface area contributed by atoms with E-state index >= 15 is 8.78 Å². The fraction of sp³-hybridized carbons (Fsp3) is 0.417. The number of carbonyl (C=O) groups excluding carboxylic acids is 1. The number of pyridine rings is 1. The van der Waals surface area contributed by atoms with E-state index in [1.807, 2.05) is 0 Å². The summed E-state index contributed by atoms with van der Waals surface area (Å²) in [6.45, 7) is 7.94.